The van der Waals surface area contributed by atoms with Crippen LogP contribution in [-0.2, 0) is 0 Å². The van der Waals surface area contributed by atoms with E-state index in [0.717, 1.165) is 28.5 Å². The van der Waals surface area contributed by atoms with Gasteiger partial charge in [0.05, 0.1) is 11.8 Å². The predicted octanol–water partition coefficient (Wildman–Crippen LogP) is 4.99. The van der Waals surface area contributed by atoms with Gasteiger partial charge in [0.1, 0.15) is 5.75 Å². The number of hydrazone groups is 1. The molecule has 0 fully saturated rings. The number of halogens is 1. The Labute approximate surface area is 145 Å². The molecule has 118 valence electrons. The summed E-state index contributed by atoms with van der Waals surface area (Å²) in [6.45, 7) is 0.483. The van der Waals surface area contributed by atoms with Gasteiger partial charge in [-0.25, -0.2) is 0 Å². The highest BCUT2D eigenvalue weighted by atomic mass is 35.5. The van der Waals surface area contributed by atoms with Gasteiger partial charge in [0.2, 0.25) is 0 Å². The minimum absolute atomic E-state index is 0.203. The normalized spacial score (nSPS) is 18.8. The van der Waals surface area contributed by atoms with Crippen molar-refractivity contribution in [1.82, 2.24) is 5.01 Å². The van der Waals surface area contributed by atoms with Crippen molar-refractivity contribution in [2.45, 2.75) is 12.5 Å². The van der Waals surface area contributed by atoms with Crippen LogP contribution < -0.4 is 4.74 Å². The summed E-state index contributed by atoms with van der Waals surface area (Å²) in [7, 11) is 0. The largest absolute Gasteiger partial charge is 0.471 e. The predicted molar refractivity (Wildman–Crippen MR) is 96.6 cm³/mol. The van der Waals surface area contributed by atoms with Crippen molar-refractivity contribution < 1.29 is 4.74 Å². The van der Waals surface area contributed by atoms with Gasteiger partial charge in [0.25, 0.3) is 0 Å². The first-order valence-electron chi connectivity index (χ1n) is 8.03. The maximum Gasteiger partial charge on any atom is 0.177 e. The first kappa shape index (κ1) is 13.9. The van der Waals surface area contributed by atoms with Gasteiger partial charge in [-0.3, -0.25) is 5.01 Å². The maximum absolute atomic E-state index is 6.17. The number of hydrogen-bond acceptors (Lipinski definition) is 3. The molecule has 0 radical (unpaired) electrons. The Morgan fingerprint density at radius 1 is 1.00 bits per heavy atom. The first-order valence-corrected chi connectivity index (χ1v) is 8.41. The summed E-state index contributed by atoms with van der Waals surface area (Å²) < 4.78 is 5.81. The summed E-state index contributed by atoms with van der Waals surface area (Å²) >= 11 is 6.17. The van der Waals surface area contributed by atoms with Crippen LogP contribution in [0.15, 0.2) is 65.8 Å². The van der Waals surface area contributed by atoms with Crippen molar-refractivity contribution in [2.24, 2.45) is 5.10 Å². The average Bonchev–Trinajstić information content (AvgIpc) is 3.06. The second kappa shape index (κ2) is 5.25. The van der Waals surface area contributed by atoms with Crippen molar-refractivity contribution in [3.63, 3.8) is 0 Å². The van der Waals surface area contributed by atoms with Gasteiger partial charge < -0.3 is 4.74 Å². The molecule has 4 heteroatoms. The molecule has 5 rings (SSSR count). The first-order chi connectivity index (χ1) is 11.8. The Kier molecular flexibility index (Phi) is 3.03. The van der Waals surface area contributed by atoms with Crippen LogP contribution >= 0.6 is 11.6 Å². The minimum atomic E-state index is 0.203. The lowest BCUT2D eigenvalue weighted by molar-refractivity contribution is 0.0750. The fourth-order valence-corrected chi connectivity index (χ4v) is 3.72. The number of fused-ring (bicyclic) bond motifs is 4. The van der Waals surface area contributed by atoms with E-state index in [9.17, 15) is 0 Å². The highest BCUT2D eigenvalue weighted by Crippen LogP contribution is 2.41. The fraction of sp³-hybridized carbons (Fsp3) is 0.150. The zero-order chi connectivity index (χ0) is 16.1. The monoisotopic (exact) mass is 334 g/mol. The van der Waals surface area contributed by atoms with E-state index in [0.29, 0.717) is 6.73 Å². The molecule has 0 N–H and O–H groups in total. The molecule has 0 spiro atoms. The molecule has 3 nitrogen and oxygen atoms in total. The summed E-state index contributed by atoms with van der Waals surface area (Å²) in [6, 6.07) is 20.9. The third-order valence-corrected chi connectivity index (χ3v) is 5.00. The molecule has 0 saturated carbocycles. The quantitative estimate of drug-likeness (QED) is 0.626. The number of nitrogens with zero attached hydrogens (tertiary/aromatic N) is 2. The summed E-state index contributed by atoms with van der Waals surface area (Å²) in [6.07, 6.45) is 0.870. The van der Waals surface area contributed by atoms with E-state index in [1.54, 1.807) is 0 Å². The molecular formula is C20H15ClN2O. The van der Waals surface area contributed by atoms with Gasteiger partial charge >= 0.3 is 0 Å². The summed E-state index contributed by atoms with van der Waals surface area (Å²) in [4.78, 5) is 0. The van der Waals surface area contributed by atoms with Crippen LogP contribution in [0, 0.1) is 0 Å². The van der Waals surface area contributed by atoms with Gasteiger partial charge in [-0.2, -0.15) is 5.10 Å². The molecule has 1 unspecified atom stereocenters. The highest BCUT2D eigenvalue weighted by molar-refractivity contribution is 6.30. The van der Waals surface area contributed by atoms with Crippen molar-refractivity contribution in [3.8, 4) is 5.75 Å². The van der Waals surface area contributed by atoms with E-state index in [4.69, 9.17) is 21.4 Å². The second-order valence-electron chi connectivity index (χ2n) is 6.22. The Morgan fingerprint density at radius 3 is 2.79 bits per heavy atom. The molecule has 0 amide bonds. The minimum Gasteiger partial charge on any atom is -0.471 e. The van der Waals surface area contributed by atoms with Gasteiger partial charge in [-0.1, -0.05) is 48.0 Å². The maximum atomic E-state index is 6.17. The van der Waals surface area contributed by atoms with Crippen LogP contribution in [-0.4, -0.2) is 17.5 Å². The van der Waals surface area contributed by atoms with Crippen LogP contribution in [0.1, 0.15) is 23.6 Å². The zero-order valence-corrected chi connectivity index (χ0v) is 13.7. The topological polar surface area (TPSA) is 24.8 Å². The van der Waals surface area contributed by atoms with E-state index in [1.165, 1.54) is 16.3 Å². The van der Waals surface area contributed by atoms with Crippen molar-refractivity contribution in [3.05, 3.63) is 76.8 Å². The Hall–Kier alpha value is -2.52. The lowest BCUT2D eigenvalue weighted by Gasteiger charge is -2.30. The van der Waals surface area contributed by atoms with Crippen molar-refractivity contribution in [2.75, 3.05) is 6.73 Å². The molecule has 0 aromatic heterocycles. The standard InChI is InChI=1S/C20H15ClN2O/c21-16-7-8-20-17(10-16)19-11-18(22-23(19)12-24-20)15-6-5-13-3-1-2-4-14(13)9-15/h1-10,19H,11-12H2. The molecule has 2 aliphatic rings. The zero-order valence-electron chi connectivity index (χ0n) is 12.9. The third-order valence-electron chi connectivity index (χ3n) is 4.76. The lowest BCUT2D eigenvalue weighted by atomic mass is 9.96. The van der Waals surface area contributed by atoms with Gasteiger partial charge in [-0.15, -0.1) is 0 Å². The van der Waals surface area contributed by atoms with Crippen molar-refractivity contribution in [1.29, 1.82) is 0 Å². The number of ether oxygens (including phenoxy) is 1. The van der Waals surface area contributed by atoms with E-state index in [2.05, 4.69) is 42.5 Å². The third kappa shape index (κ3) is 2.16. The van der Waals surface area contributed by atoms with E-state index in [-0.39, 0.29) is 6.04 Å². The molecule has 0 saturated heterocycles. The molecule has 2 aliphatic heterocycles. The summed E-state index contributed by atoms with van der Waals surface area (Å²) in [5.74, 6) is 0.913. The van der Waals surface area contributed by atoms with Crippen LogP contribution in [0.4, 0.5) is 0 Å². The summed E-state index contributed by atoms with van der Waals surface area (Å²) in [5, 5.41) is 10.0. The smallest absolute Gasteiger partial charge is 0.177 e. The van der Waals surface area contributed by atoms with E-state index >= 15 is 0 Å². The molecule has 3 aromatic carbocycles. The van der Waals surface area contributed by atoms with Crippen LogP contribution in [0.2, 0.25) is 5.02 Å². The summed E-state index contributed by atoms with van der Waals surface area (Å²) in [5.41, 5.74) is 3.39. The van der Waals surface area contributed by atoms with Crippen LogP contribution in [0.3, 0.4) is 0 Å². The Bertz CT molecular complexity index is 982. The molecule has 2 heterocycles. The molecule has 1 atom stereocenters. The molecule has 24 heavy (non-hydrogen) atoms. The molecule has 0 bridgehead atoms. The molecular weight excluding hydrogens is 320 g/mol. The fourth-order valence-electron chi connectivity index (χ4n) is 3.53. The van der Waals surface area contributed by atoms with Gasteiger partial charge in [0, 0.05) is 17.0 Å². The highest BCUT2D eigenvalue weighted by Gasteiger charge is 2.34. The Morgan fingerprint density at radius 2 is 1.88 bits per heavy atom. The SMILES string of the molecule is Clc1ccc2c(c1)C1CC(c3ccc4ccccc4c3)=NN1CO2. The molecule has 0 aliphatic carbocycles. The van der Waals surface area contributed by atoms with Gasteiger partial charge in [0.15, 0.2) is 6.73 Å². The lowest BCUT2D eigenvalue weighted by Crippen LogP contribution is -2.29. The number of rotatable bonds is 1. The second-order valence-corrected chi connectivity index (χ2v) is 6.66. The number of hydrogen-bond donors (Lipinski definition) is 0. The number of benzene rings is 3. The molecule has 3 aromatic rings. The average molecular weight is 335 g/mol. The Balaban J connectivity index is 1.53. The van der Waals surface area contributed by atoms with Crippen LogP contribution in [0.25, 0.3) is 10.8 Å². The van der Waals surface area contributed by atoms with E-state index in [1.807, 2.05) is 23.2 Å². The van der Waals surface area contributed by atoms with Gasteiger partial charge in [-0.05, 0) is 40.6 Å². The van der Waals surface area contributed by atoms with Crippen LogP contribution in [0.5, 0.6) is 5.75 Å². The van der Waals surface area contributed by atoms with Crippen molar-refractivity contribution >= 4 is 28.1 Å². The van der Waals surface area contributed by atoms with E-state index < -0.39 is 0 Å².